The Hall–Kier alpha value is -0.546. The van der Waals surface area contributed by atoms with Crippen LogP contribution in [0.25, 0.3) is 0 Å². The molecule has 0 aliphatic heterocycles. The van der Waals surface area contributed by atoms with Crippen LogP contribution in [0.1, 0.15) is 95.9 Å². The van der Waals surface area contributed by atoms with E-state index in [1.54, 1.807) is 7.05 Å². The minimum atomic E-state index is -2.21. The molecule has 0 spiro atoms. The van der Waals surface area contributed by atoms with Crippen LogP contribution in [0.15, 0.2) is 0 Å². The molecular formula is C27H57NO5Si2. The minimum absolute atomic E-state index is 0.0902. The third-order valence-corrected chi connectivity index (χ3v) is 20.3. The normalized spacial score (nSPS) is 14.2. The van der Waals surface area contributed by atoms with Gasteiger partial charge in [0.15, 0.2) is 16.6 Å². The van der Waals surface area contributed by atoms with Crippen LogP contribution in [0.5, 0.6) is 0 Å². The lowest BCUT2D eigenvalue weighted by molar-refractivity contribution is -0.175. The van der Waals surface area contributed by atoms with Crippen LogP contribution in [-0.2, 0) is 23.3 Å². The van der Waals surface area contributed by atoms with Crippen molar-refractivity contribution in [2.75, 3.05) is 27.4 Å². The van der Waals surface area contributed by atoms with Gasteiger partial charge in [0.2, 0.25) is 0 Å². The lowest BCUT2D eigenvalue weighted by Gasteiger charge is -2.43. The van der Waals surface area contributed by atoms with Gasteiger partial charge in [0, 0.05) is 20.1 Å². The number of ketones is 1. The van der Waals surface area contributed by atoms with Crippen molar-refractivity contribution in [1.29, 1.82) is 0 Å². The first-order chi connectivity index (χ1) is 16.0. The highest BCUT2D eigenvalue weighted by Crippen LogP contribution is 2.43. The predicted molar refractivity (Wildman–Crippen MR) is 152 cm³/mol. The second-order valence-electron chi connectivity index (χ2n) is 11.9. The molecule has 0 aromatic carbocycles. The molecule has 0 bridgehead atoms. The number of hydroxylamine groups is 2. The first-order valence-corrected chi connectivity index (χ1v) is 17.9. The summed E-state index contributed by atoms with van der Waals surface area (Å²) in [5.74, 6) is -1.29. The van der Waals surface area contributed by atoms with E-state index in [9.17, 15) is 9.59 Å². The van der Waals surface area contributed by atoms with Crippen LogP contribution in [0, 0.1) is 5.92 Å². The fourth-order valence-corrected chi connectivity index (χ4v) is 17.5. The highest BCUT2D eigenvalue weighted by Gasteiger charge is 2.47. The number of amides is 1. The third kappa shape index (κ3) is 8.22. The minimum Gasteiger partial charge on any atom is -0.416 e. The molecule has 1 atom stereocenters. The quantitative estimate of drug-likeness (QED) is 0.0849. The third-order valence-electron chi connectivity index (χ3n) is 8.10. The topological polar surface area (TPSA) is 65.1 Å². The number of hydrogen-bond donors (Lipinski definition) is 0. The Kier molecular flexibility index (Phi) is 14.8. The Morgan fingerprint density at radius 3 is 1.40 bits per heavy atom. The largest absolute Gasteiger partial charge is 0.416 e. The van der Waals surface area contributed by atoms with Gasteiger partial charge in [-0.05, 0) is 39.7 Å². The molecule has 0 aromatic rings. The van der Waals surface area contributed by atoms with Crippen LogP contribution in [0.3, 0.4) is 0 Å². The zero-order chi connectivity index (χ0) is 27.7. The molecule has 1 amide bonds. The molecule has 0 saturated heterocycles. The Morgan fingerprint density at radius 1 is 0.686 bits per heavy atom. The molecule has 35 heavy (non-hydrogen) atoms. The van der Waals surface area contributed by atoms with E-state index in [4.69, 9.17) is 13.7 Å². The molecule has 8 heteroatoms. The molecule has 0 aliphatic carbocycles. The van der Waals surface area contributed by atoms with Crippen molar-refractivity contribution in [2.24, 2.45) is 5.92 Å². The Bertz CT molecular complexity index is 606. The maximum absolute atomic E-state index is 13.3. The number of Topliss-reactive ketones (excluding diaryl/α,β-unsaturated/α-hetero) is 1. The number of nitrogens with zero attached hydrogens (tertiary/aromatic N) is 1. The molecule has 0 radical (unpaired) electrons. The second kappa shape index (κ2) is 15.0. The maximum atomic E-state index is 13.3. The summed E-state index contributed by atoms with van der Waals surface area (Å²) in [5.41, 5.74) is 2.63. The lowest BCUT2D eigenvalue weighted by Crippen LogP contribution is -2.50. The van der Waals surface area contributed by atoms with Crippen LogP contribution in [-0.4, -0.2) is 60.8 Å². The van der Waals surface area contributed by atoms with E-state index < -0.39 is 22.6 Å². The molecule has 208 valence electrons. The average Bonchev–Trinajstić information content (AvgIpc) is 2.73. The molecule has 0 saturated carbocycles. The van der Waals surface area contributed by atoms with Crippen molar-refractivity contribution >= 4 is 28.3 Å². The highest BCUT2D eigenvalue weighted by molar-refractivity contribution is 6.78. The first-order valence-electron chi connectivity index (χ1n) is 13.7. The summed E-state index contributed by atoms with van der Waals surface area (Å²) in [5, 5.41) is 1.15. The zero-order valence-electron chi connectivity index (χ0n) is 25.4. The van der Waals surface area contributed by atoms with Crippen LogP contribution in [0.4, 0.5) is 0 Å². The van der Waals surface area contributed by atoms with Gasteiger partial charge in [0.25, 0.3) is 5.91 Å². The van der Waals surface area contributed by atoms with E-state index in [0.717, 1.165) is 5.06 Å². The SMILES string of the molecule is CON(C)C(=O)[C@H](CO[Si](C(C)C)(C(C)C)C(C)C)C(=O)CCCO[Si](C(C)C)(C(C)C)C(C)C. The summed E-state index contributed by atoms with van der Waals surface area (Å²) in [6.45, 7) is 27.5. The van der Waals surface area contributed by atoms with E-state index in [2.05, 4.69) is 83.1 Å². The van der Waals surface area contributed by atoms with Gasteiger partial charge < -0.3 is 8.85 Å². The lowest BCUT2D eigenvalue weighted by atomic mass is 10.0. The van der Waals surface area contributed by atoms with Crippen molar-refractivity contribution in [3.63, 3.8) is 0 Å². The summed E-state index contributed by atoms with van der Waals surface area (Å²) in [7, 11) is -1.19. The van der Waals surface area contributed by atoms with Crippen molar-refractivity contribution in [3.05, 3.63) is 0 Å². The fourth-order valence-electron chi connectivity index (χ4n) is 6.51. The Labute approximate surface area is 219 Å². The maximum Gasteiger partial charge on any atom is 0.258 e. The molecular weight excluding hydrogens is 474 g/mol. The summed E-state index contributed by atoms with van der Waals surface area (Å²) < 4.78 is 13.3. The molecule has 0 aliphatic rings. The van der Waals surface area contributed by atoms with Gasteiger partial charge in [-0.2, -0.15) is 0 Å². The van der Waals surface area contributed by atoms with Crippen molar-refractivity contribution < 1.29 is 23.3 Å². The van der Waals surface area contributed by atoms with Crippen molar-refractivity contribution in [1.82, 2.24) is 5.06 Å². The number of carbonyl (C=O) groups excluding carboxylic acids is 2. The van der Waals surface area contributed by atoms with Crippen LogP contribution in [0.2, 0.25) is 33.2 Å². The van der Waals surface area contributed by atoms with Gasteiger partial charge in [0.05, 0.1) is 13.7 Å². The summed E-state index contributed by atoms with van der Waals surface area (Å²) >= 11 is 0. The van der Waals surface area contributed by atoms with E-state index in [1.807, 2.05) is 0 Å². The zero-order valence-corrected chi connectivity index (χ0v) is 27.4. The van der Waals surface area contributed by atoms with Crippen molar-refractivity contribution in [2.45, 2.75) is 129 Å². The molecule has 6 nitrogen and oxygen atoms in total. The summed E-state index contributed by atoms with van der Waals surface area (Å²) in [6.07, 6.45) is 0.914. The van der Waals surface area contributed by atoms with Gasteiger partial charge in [-0.1, -0.05) is 83.1 Å². The molecule has 0 aromatic heterocycles. The smallest absolute Gasteiger partial charge is 0.258 e. The fraction of sp³-hybridized carbons (Fsp3) is 0.926. The van der Waals surface area contributed by atoms with Gasteiger partial charge in [-0.25, -0.2) is 5.06 Å². The van der Waals surface area contributed by atoms with Gasteiger partial charge >= 0.3 is 0 Å². The molecule has 0 heterocycles. The monoisotopic (exact) mass is 531 g/mol. The molecule has 0 fully saturated rings. The highest BCUT2D eigenvalue weighted by atomic mass is 28.4. The van der Waals surface area contributed by atoms with E-state index in [1.165, 1.54) is 7.11 Å². The van der Waals surface area contributed by atoms with E-state index >= 15 is 0 Å². The predicted octanol–water partition coefficient (Wildman–Crippen LogP) is 7.36. The molecule has 0 rings (SSSR count). The number of hydrogen-bond acceptors (Lipinski definition) is 5. The second-order valence-corrected chi connectivity index (χ2v) is 22.9. The van der Waals surface area contributed by atoms with E-state index in [-0.39, 0.29) is 18.3 Å². The van der Waals surface area contributed by atoms with Gasteiger partial charge in [-0.3, -0.25) is 14.4 Å². The first kappa shape index (κ1) is 34.5. The number of rotatable bonds is 17. The summed E-state index contributed by atoms with van der Waals surface area (Å²) in [4.78, 5) is 31.6. The van der Waals surface area contributed by atoms with Crippen LogP contribution >= 0.6 is 0 Å². The molecule has 0 unspecified atom stereocenters. The summed E-state index contributed by atoms with van der Waals surface area (Å²) in [6, 6.07) is 0. The van der Waals surface area contributed by atoms with Gasteiger partial charge in [0.1, 0.15) is 11.7 Å². The van der Waals surface area contributed by atoms with Crippen LogP contribution < -0.4 is 0 Å². The standard InChI is InChI=1S/C27H57NO5Si2/c1-19(2)34(20(3)4,21(5)6)32-17-15-16-26(29)25(27(30)28(13)31-14)18-33-35(22(7)8,23(9)10)24(11)12/h19-25H,15-18H2,1-14H3/t25-/m1/s1. The number of carbonyl (C=O) groups is 2. The Balaban J connectivity index is 5.58. The molecule has 0 N–H and O–H groups in total. The van der Waals surface area contributed by atoms with Crippen molar-refractivity contribution in [3.8, 4) is 0 Å². The average molecular weight is 532 g/mol. The Morgan fingerprint density at radius 2 is 1.06 bits per heavy atom. The van der Waals surface area contributed by atoms with E-state index in [0.29, 0.717) is 52.7 Å². The van der Waals surface area contributed by atoms with Gasteiger partial charge in [-0.15, -0.1) is 0 Å².